The van der Waals surface area contributed by atoms with E-state index < -0.39 is 6.68 Å². The average molecular weight is 217 g/mol. The van der Waals surface area contributed by atoms with Gasteiger partial charge in [0.2, 0.25) is 0 Å². The summed E-state index contributed by atoms with van der Waals surface area (Å²) in [5.74, 6) is 0. The first-order chi connectivity index (χ1) is 4.58. The van der Waals surface area contributed by atoms with Crippen molar-refractivity contribution >= 4 is 21.0 Å². The molecule has 0 aromatic heterocycles. The van der Waals surface area contributed by atoms with E-state index in [9.17, 15) is 0 Å². The molecule has 0 aromatic rings. The molecule has 0 saturated carbocycles. The second kappa shape index (κ2) is 3.08. The molecule has 1 aliphatic rings. The van der Waals surface area contributed by atoms with Gasteiger partial charge in [-0.2, -0.15) is 0 Å². The Kier molecular flexibility index (Phi) is 2.56. The van der Waals surface area contributed by atoms with Crippen molar-refractivity contribution in [2.75, 3.05) is 0 Å². The summed E-state index contributed by atoms with van der Waals surface area (Å²) in [6.07, 6.45) is 9.01. The fraction of sp³-hybridized carbons (Fsp3) is 0.500. The molecule has 0 atom stereocenters. The van der Waals surface area contributed by atoms with E-state index in [1.54, 1.807) is 0 Å². The third-order valence-corrected chi connectivity index (χ3v) is 9.00. The monoisotopic (exact) mass is 218 g/mol. The average Bonchev–Trinajstić information content (AvgIpc) is 2.12. The molecule has 1 rings (SSSR count). The molecule has 0 fully saturated rings. The second-order valence-electron chi connectivity index (χ2n) is 3.46. The SMILES string of the molecule is C[Si](C)(C)[Se]C1C=CC=C1. The van der Waals surface area contributed by atoms with Crippen molar-refractivity contribution in [2.45, 2.75) is 24.5 Å². The first-order valence-electron chi connectivity index (χ1n) is 3.61. The van der Waals surface area contributed by atoms with Crippen LogP contribution in [0.25, 0.3) is 0 Å². The van der Waals surface area contributed by atoms with Crippen LogP contribution in [0.3, 0.4) is 0 Å². The van der Waals surface area contributed by atoms with Crippen molar-refractivity contribution in [2.24, 2.45) is 0 Å². The van der Waals surface area contributed by atoms with Crippen LogP contribution < -0.4 is 0 Å². The van der Waals surface area contributed by atoms with Crippen LogP contribution in [0.1, 0.15) is 0 Å². The van der Waals surface area contributed by atoms with E-state index in [0.29, 0.717) is 0 Å². The summed E-state index contributed by atoms with van der Waals surface area (Å²) >= 11 is 0.858. The maximum absolute atomic E-state index is 2.45. The molecule has 0 unspecified atom stereocenters. The summed E-state index contributed by atoms with van der Waals surface area (Å²) in [4.78, 5) is 0.819. The topological polar surface area (TPSA) is 0 Å². The standard InChI is InChI=1S/C8H14SeSi/c1-10(2,3)9-8-6-4-5-7-8/h4-8H,1-3H3. The second-order valence-corrected chi connectivity index (χ2v) is 18.3. The molecule has 0 bridgehead atoms. The van der Waals surface area contributed by atoms with Gasteiger partial charge >= 0.3 is 69.8 Å². The van der Waals surface area contributed by atoms with Crippen LogP contribution >= 0.6 is 0 Å². The molecular formula is C8H14SeSi. The Bertz CT molecular complexity index is 153. The van der Waals surface area contributed by atoms with Gasteiger partial charge < -0.3 is 0 Å². The number of hydrogen-bond acceptors (Lipinski definition) is 0. The van der Waals surface area contributed by atoms with E-state index in [4.69, 9.17) is 0 Å². The Labute approximate surface area is 70.0 Å². The summed E-state index contributed by atoms with van der Waals surface area (Å²) < 4.78 is 0. The Hall–Kier alpha value is 0.216. The van der Waals surface area contributed by atoms with Gasteiger partial charge in [-0.25, -0.2) is 0 Å². The molecule has 0 spiro atoms. The summed E-state index contributed by atoms with van der Waals surface area (Å²) in [5.41, 5.74) is 0. The van der Waals surface area contributed by atoms with E-state index in [1.165, 1.54) is 0 Å². The fourth-order valence-corrected chi connectivity index (χ4v) is 8.38. The molecule has 0 amide bonds. The van der Waals surface area contributed by atoms with Gasteiger partial charge in [0.25, 0.3) is 0 Å². The van der Waals surface area contributed by atoms with Gasteiger partial charge in [-0.1, -0.05) is 0 Å². The van der Waals surface area contributed by atoms with Gasteiger partial charge in [0.1, 0.15) is 0 Å². The van der Waals surface area contributed by atoms with Gasteiger partial charge in [-0.15, -0.1) is 0 Å². The van der Waals surface area contributed by atoms with Crippen LogP contribution in [0, 0.1) is 0 Å². The predicted octanol–water partition coefficient (Wildman–Crippen LogP) is 2.44. The fourth-order valence-electron chi connectivity index (χ4n) is 0.898. The zero-order valence-corrected chi connectivity index (χ0v) is 9.51. The Morgan fingerprint density at radius 1 is 1.10 bits per heavy atom. The molecule has 56 valence electrons. The zero-order chi connectivity index (χ0) is 7.61. The molecule has 0 radical (unpaired) electrons. The third kappa shape index (κ3) is 2.87. The zero-order valence-electron chi connectivity index (χ0n) is 6.79. The van der Waals surface area contributed by atoms with E-state index >= 15 is 0 Å². The summed E-state index contributed by atoms with van der Waals surface area (Å²) in [6.45, 7) is 6.59. The van der Waals surface area contributed by atoms with Crippen LogP contribution in [-0.4, -0.2) is 21.0 Å². The number of rotatable bonds is 2. The van der Waals surface area contributed by atoms with Gasteiger partial charge in [0, 0.05) is 0 Å². The summed E-state index contributed by atoms with van der Waals surface area (Å²) in [6, 6.07) is 0. The first kappa shape index (κ1) is 8.31. The molecule has 0 nitrogen and oxygen atoms in total. The van der Waals surface area contributed by atoms with Crippen LogP contribution in [0.4, 0.5) is 0 Å². The quantitative estimate of drug-likeness (QED) is 0.623. The first-order valence-corrected chi connectivity index (χ1v) is 10.6. The summed E-state index contributed by atoms with van der Waals surface area (Å²) in [5, 5.41) is 0. The van der Waals surface area contributed by atoms with Gasteiger partial charge in [-0.3, -0.25) is 0 Å². The van der Waals surface area contributed by atoms with Crippen LogP contribution in [0.2, 0.25) is 24.5 Å². The van der Waals surface area contributed by atoms with Crippen molar-refractivity contribution < 1.29 is 0 Å². The molecule has 10 heavy (non-hydrogen) atoms. The maximum atomic E-state index is 2.45. The Balaban J connectivity index is 2.40. The molecule has 0 N–H and O–H groups in total. The van der Waals surface area contributed by atoms with Crippen molar-refractivity contribution in [1.82, 2.24) is 0 Å². The van der Waals surface area contributed by atoms with Crippen LogP contribution in [-0.2, 0) is 0 Å². The van der Waals surface area contributed by atoms with E-state index in [0.717, 1.165) is 19.1 Å². The molecule has 0 aromatic carbocycles. The van der Waals surface area contributed by atoms with E-state index in [1.807, 2.05) is 0 Å². The Morgan fingerprint density at radius 3 is 2.00 bits per heavy atom. The van der Waals surface area contributed by atoms with Gasteiger partial charge in [0.05, 0.1) is 0 Å². The van der Waals surface area contributed by atoms with E-state index in [-0.39, 0.29) is 0 Å². The van der Waals surface area contributed by atoms with Crippen molar-refractivity contribution in [1.29, 1.82) is 0 Å². The van der Waals surface area contributed by atoms with Crippen molar-refractivity contribution in [3.8, 4) is 0 Å². The Morgan fingerprint density at radius 2 is 1.60 bits per heavy atom. The molecule has 2 heteroatoms. The number of allylic oxidation sites excluding steroid dienone is 4. The van der Waals surface area contributed by atoms with Crippen LogP contribution in [0.5, 0.6) is 0 Å². The van der Waals surface area contributed by atoms with Gasteiger partial charge in [-0.05, 0) is 0 Å². The van der Waals surface area contributed by atoms with Crippen molar-refractivity contribution in [3.63, 3.8) is 0 Å². The van der Waals surface area contributed by atoms with Crippen molar-refractivity contribution in [3.05, 3.63) is 24.3 Å². The third-order valence-electron chi connectivity index (χ3n) is 1.20. The molecule has 0 saturated heterocycles. The molecule has 1 aliphatic carbocycles. The normalized spacial score (nSPS) is 18.7. The predicted molar refractivity (Wildman–Crippen MR) is 51.1 cm³/mol. The minimum absolute atomic E-state index is 0.762. The molecule has 0 heterocycles. The number of hydrogen-bond donors (Lipinski definition) is 0. The van der Waals surface area contributed by atoms with E-state index in [2.05, 4.69) is 43.9 Å². The van der Waals surface area contributed by atoms with Gasteiger partial charge in [0.15, 0.2) is 0 Å². The molecule has 0 aliphatic heterocycles. The molecular weight excluding hydrogens is 203 g/mol. The van der Waals surface area contributed by atoms with Crippen LogP contribution in [0.15, 0.2) is 24.3 Å². The summed E-state index contributed by atoms with van der Waals surface area (Å²) in [7, 11) is 0. The minimum atomic E-state index is -0.762.